The molecule has 2 aliphatic rings. The molecule has 71 heavy (non-hydrogen) atoms. The molecule has 0 aromatic heterocycles. The largest absolute Gasteiger partial charge is 0.354 e. The third-order valence-electron chi connectivity index (χ3n) is 14.9. The van der Waals surface area contributed by atoms with Crippen molar-refractivity contribution in [1.82, 2.24) is 0 Å². The molecule has 0 bridgehead atoms. The highest BCUT2D eigenvalue weighted by molar-refractivity contribution is 7.99. The molecule has 0 atom stereocenters. The van der Waals surface area contributed by atoms with Gasteiger partial charge in [-0.15, -0.1) is 0 Å². The van der Waals surface area contributed by atoms with Crippen molar-refractivity contribution in [3.63, 3.8) is 0 Å². The Bertz CT molecular complexity index is 3070. The number of aryl methyl sites for hydroxylation is 6. The van der Waals surface area contributed by atoms with Crippen LogP contribution >= 0.6 is 23.5 Å². The molecule has 1 saturated carbocycles. The highest BCUT2D eigenvalue weighted by Crippen LogP contribution is 2.48. The second-order valence-corrected chi connectivity index (χ2v) is 23.7. The first-order chi connectivity index (χ1) is 34.1. The van der Waals surface area contributed by atoms with Crippen molar-refractivity contribution in [3.05, 3.63) is 188 Å². The molecule has 0 amide bonds. The zero-order chi connectivity index (χ0) is 50.1. The van der Waals surface area contributed by atoms with E-state index in [1.165, 1.54) is 103 Å². The number of fused-ring (bicyclic) bond motifs is 2. The van der Waals surface area contributed by atoms with Crippen molar-refractivity contribution >= 4 is 57.8 Å². The van der Waals surface area contributed by atoms with Gasteiger partial charge in [0.1, 0.15) is 0 Å². The van der Waals surface area contributed by atoms with Gasteiger partial charge in [0, 0.05) is 42.1 Å². The standard InChI is InChI=1S/C65H70N2O2S2/c1-11-12-13-14-45-15-17-46(18-16-45)47-19-21-48(22-20-47)49-23-27-51(28-24-49)70-55-33-31-53(66-61-41(4)35-39(2)36-42(61)5)57-59(55)64(69)60-56(71-52-29-25-50(26-30-52)65(8,9)10)34-32-54(58(60)63(57)68)67-62-43(6)37-40(3)38-44(62)7/h19-38,45-46,66-67H,11-18H2,1-10H3/t45-,46-. The smallest absolute Gasteiger partial charge is 0.198 e. The summed E-state index contributed by atoms with van der Waals surface area (Å²) in [6.07, 6.45) is 10.7. The second-order valence-electron chi connectivity index (χ2n) is 21.5. The average Bonchev–Trinajstić information content (AvgIpc) is 3.34. The first-order valence-electron chi connectivity index (χ1n) is 25.9. The lowest BCUT2D eigenvalue weighted by molar-refractivity contribution is 0.0976. The molecule has 0 unspecified atom stereocenters. The maximum atomic E-state index is 15.8. The quantitative estimate of drug-likeness (QED) is 0.106. The molecule has 1 fully saturated rings. The third-order valence-corrected chi connectivity index (χ3v) is 17.1. The minimum absolute atomic E-state index is 0.00151. The van der Waals surface area contributed by atoms with Gasteiger partial charge in [0.05, 0.1) is 22.5 Å². The van der Waals surface area contributed by atoms with E-state index < -0.39 is 0 Å². The van der Waals surface area contributed by atoms with Gasteiger partial charge in [-0.1, -0.05) is 161 Å². The van der Waals surface area contributed by atoms with E-state index in [0.29, 0.717) is 39.5 Å². The highest BCUT2D eigenvalue weighted by Gasteiger charge is 2.38. The maximum absolute atomic E-state index is 15.8. The fourth-order valence-electron chi connectivity index (χ4n) is 11.1. The van der Waals surface area contributed by atoms with Crippen LogP contribution in [0.3, 0.4) is 0 Å². The van der Waals surface area contributed by atoms with E-state index in [2.05, 4.69) is 177 Å². The fourth-order valence-corrected chi connectivity index (χ4v) is 13.1. The number of carbonyl (C=O) groups excluding carboxylic acids is 2. The SMILES string of the molecule is CCCCC[C@H]1CC[C@H](c2ccc(-c3ccc(Sc4ccc(Nc5c(C)cc(C)cc5C)c5c4C(=O)c4c(Sc6ccc(C(C)(C)C)cc6)ccc(Nc6c(C)cc(C)cc6C)c4C5=O)cc3)cc2)CC1. The molecule has 2 N–H and O–H groups in total. The number of unbranched alkanes of at least 4 members (excludes halogenated alkanes) is 2. The Balaban J connectivity index is 1.09. The summed E-state index contributed by atoms with van der Waals surface area (Å²) < 4.78 is 0. The molecule has 0 heterocycles. The Morgan fingerprint density at radius 1 is 0.507 bits per heavy atom. The van der Waals surface area contributed by atoms with Gasteiger partial charge in [-0.2, -0.15) is 0 Å². The lowest BCUT2D eigenvalue weighted by Gasteiger charge is -2.29. The molecular weight excluding hydrogens is 905 g/mol. The van der Waals surface area contributed by atoms with Crippen LogP contribution in [-0.4, -0.2) is 11.6 Å². The van der Waals surface area contributed by atoms with Gasteiger partial charge in [-0.25, -0.2) is 0 Å². The van der Waals surface area contributed by atoms with Gasteiger partial charge in [-0.05, 0) is 178 Å². The van der Waals surface area contributed by atoms with E-state index in [9.17, 15) is 0 Å². The van der Waals surface area contributed by atoms with Crippen molar-refractivity contribution in [2.75, 3.05) is 10.6 Å². The number of carbonyl (C=O) groups is 2. The number of nitrogens with one attached hydrogen (secondary N) is 2. The summed E-state index contributed by atoms with van der Waals surface area (Å²) in [5, 5.41) is 7.37. The molecule has 0 radical (unpaired) electrons. The van der Waals surface area contributed by atoms with Crippen LogP contribution in [0.1, 0.15) is 161 Å². The van der Waals surface area contributed by atoms with Crippen LogP contribution in [0.4, 0.5) is 22.7 Å². The monoisotopic (exact) mass is 974 g/mol. The topological polar surface area (TPSA) is 58.2 Å². The molecule has 4 nitrogen and oxygen atoms in total. The molecule has 7 aromatic rings. The molecule has 364 valence electrons. The van der Waals surface area contributed by atoms with E-state index in [0.717, 1.165) is 64.7 Å². The Kier molecular flexibility index (Phi) is 14.9. The van der Waals surface area contributed by atoms with Gasteiger partial charge >= 0.3 is 0 Å². The number of benzene rings is 7. The van der Waals surface area contributed by atoms with Crippen LogP contribution in [-0.2, 0) is 5.41 Å². The zero-order valence-corrected chi connectivity index (χ0v) is 45.1. The van der Waals surface area contributed by atoms with E-state index in [4.69, 9.17) is 0 Å². The molecule has 2 aliphatic carbocycles. The van der Waals surface area contributed by atoms with Crippen LogP contribution in [0.25, 0.3) is 11.1 Å². The van der Waals surface area contributed by atoms with E-state index in [1.807, 2.05) is 24.3 Å². The van der Waals surface area contributed by atoms with E-state index >= 15 is 9.59 Å². The van der Waals surface area contributed by atoms with Crippen molar-refractivity contribution in [3.8, 4) is 11.1 Å². The highest BCUT2D eigenvalue weighted by atomic mass is 32.2. The normalized spacial score (nSPS) is 15.6. The van der Waals surface area contributed by atoms with Crippen LogP contribution in [0, 0.1) is 47.5 Å². The van der Waals surface area contributed by atoms with E-state index in [1.54, 1.807) is 0 Å². The van der Waals surface area contributed by atoms with Crippen molar-refractivity contribution < 1.29 is 9.59 Å². The summed E-state index contributed by atoms with van der Waals surface area (Å²) in [5.74, 6) is 1.22. The summed E-state index contributed by atoms with van der Waals surface area (Å²) in [6, 6.07) is 43.1. The zero-order valence-electron chi connectivity index (χ0n) is 43.5. The summed E-state index contributed by atoms with van der Waals surface area (Å²) in [7, 11) is 0. The minimum Gasteiger partial charge on any atom is -0.354 e. The summed E-state index contributed by atoms with van der Waals surface area (Å²) in [6.45, 7) is 21.5. The van der Waals surface area contributed by atoms with Crippen molar-refractivity contribution in [1.29, 1.82) is 0 Å². The van der Waals surface area contributed by atoms with Gasteiger partial charge in [0.15, 0.2) is 11.6 Å². The number of rotatable bonds is 14. The Morgan fingerprint density at radius 2 is 0.930 bits per heavy atom. The van der Waals surface area contributed by atoms with Crippen molar-refractivity contribution in [2.45, 2.75) is 152 Å². The molecule has 0 aliphatic heterocycles. The number of hydrogen-bond donors (Lipinski definition) is 2. The Hall–Kier alpha value is -5.82. The second kappa shape index (κ2) is 21.1. The number of anilines is 4. The first kappa shape index (κ1) is 50.1. The van der Waals surface area contributed by atoms with Gasteiger partial charge in [0.25, 0.3) is 0 Å². The molecule has 9 rings (SSSR count). The molecule has 7 aromatic carbocycles. The van der Waals surface area contributed by atoms with Gasteiger partial charge in [0.2, 0.25) is 0 Å². The summed E-state index contributed by atoms with van der Waals surface area (Å²) >= 11 is 3.07. The van der Waals surface area contributed by atoms with Crippen LogP contribution in [0.5, 0.6) is 0 Å². The van der Waals surface area contributed by atoms with Crippen LogP contribution < -0.4 is 10.6 Å². The van der Waals surface area contributed by atoms with E-state index in [-0.39, 0.29) is 17.0 Å². The maximum Gasteiger partial charge on any atom is 0.198 e. The summed E-state index contributed by atoms with van der Waals surface area (Å²) in [4.78, 5) is 35.2. The predicted octanol–water partition coefficient (Wildman–Crippen LogP) is 18.9. The van der Waals surface area contributed by atoms with Crippen LogP contribution in [0.15, 0.2) is 141 Å². The molecular formula is C65H70N2O2S2. The first-order valence-corrected chi connectivity index (χ1v) is 27.5. The third kappa shape index (κ3) is 10.9. The van der Waals surface area contributed by atoms with Crippen LogP contribution in [0.2, 0.25) is 0 Å². The van der Waals surface area contributed by atoms with Crippen molar-refractivity contribution in [2.24, 2.45) is 5.92 Å². The molecule has 0 saturated heterocycles. The fraction of sp³-hybridized carbons (Fsp3) is 0.323. The van der Waals surface area contributed by atoms with Gasteiger partial charge in [-0.3, -0.25) is 9.59 Å². The average molecular weight is 975 g/mol. The number of ketones is 2. The number of hydrogen-bond acceptors (Lipinski definition) is 6. The molecule has 0 spiro atoms. The predicted molar refractivity (Wildman–Crippen MR) is 302 cm³/mol. The Labute approximate surface area is 432 Å². The molecule has 6 heteroatoms. The lowest BCUT2D eigenvalue weighted by atomic mass is 9.77. The lowest BCUT2D eigenvalue weighted by Crippen LogP contribution is -2.25. The Morgan fingerprint density at radius 3 is 1.37 bits per heavy atom. The minimum atomic E-state index is -0.184. The van der Waals surface area contributed by atoms with Gasteiger partial charge < -0.3 is 10.6 Å². The summed E-state index contributed by atoms with van der Waals surface area (Å²) in [5.41, 5.74) is 16.4.